The lowest BCUT2D eigenvalue weighted by Gasteiger charge is -2.37. The van der Waals surface area contributed by atoms with Gasteiger partial charge in [0.2, 0.25) is 17.0 Å². The zero-order valence-electron chi connectivity index (χ0n) is 19.1. The second-order valence-corrected chi connectivity index (χ2v) is 9.83. The summed E-state index contributed by atoms with van der Waals surface area (Å²) in [6.07, 6.45) is 0.858. The van der Waals surface area contributed by atoms with Gasteiger partial charge in [0.15, 0.2) is 0 Å². The molecule has 3 atom stereocenters. The Morgan fingerprint density at radius 2 is 1.88 bits per heavy atom. The minimum Gasteiger partial charge on any atom is -0.351 e. The van der Waals surface area contributed by atoms with Crippen molar-refractivity contribution in [2.45, 2.75) is 57.1 Å². The maximum atomic E-state index is 13.3. The van der Waals surface area contributed by atoms with Gasteiger partial charge in [-0.3, -0.25) is 4.79 Å². The average molecular weight is 450 g/mol. The molecule has 0 saturated carbocycles. The first-order valence-electron chi connectivity index (χ1n) is 11.2. The lowest BCUT2D eigenvalue weighted by molar-refractivity contribution is -0.122. The van der Waals surface area contributed by atoms with Crippen LogP contribution in [0.4, 0.5) is 11.6 Å². The van der Waals surface area contributed by atoms with Crippen LogP contribution in [0.2, 0.25) is 0 Å². The summed E-state index contributed by atoms with van der Waals surface area (Å²) in [5.41, 5.74) is 3.36. The Balaban J connectivity index is 1.57. The van der Waals surface area contributed by atoms with E-state index in [1.165, 1.54) is 11.1 Å². The molecule has 7 heteroatoms. The summed E-state index contributed by atoms with van der Waals surface area (Å²) in [6, 6.07) is 17.9. The third kappa shape index (κ3) is 4.99. The number of hydrogen-bond donors (Lipinski definition) is 2. The van der Waals surface area contributed by atoms with Crippen molar-refractivity contribution in [3.8, 4) is 0 Å². The lowest BCUT2D eigenvalue weighted by Crippen LogP contribution is -2.46. The number of carbonyl (C=O) groups is 1. The van der Waals surface area contributed by atoms with E-state index in [2.05, 4.69) is 62.6 Å². The van der Waals surface area contributed by atoms with Gasteiger partial charge in [-0.15, -0.1) is 5.10 Å². The molecule has 0 aliphatic carbocycles. The van der Waals surface area contributed by atoms with Crippen LogP contribution in [0.3, 0.4) is 0 Å². The Hall–Kier alpha value is -2.80. The molecule has 6 nitrogen and oxygen atoms in total. The van der Waals surface area contributed by atoms with E-state index in [1.54, 1.807) is 11.8 Å². The number of hydrogen-bond acceptors (Lipinski definition) is 5. The Labute approximate surface area is 194 Å². The molecular formula is C25H31N5OS. The Kier molecular flexibility index (Phi) is 6.84. The smallest absolute Gasteiger partial charge is 0.231 e. The topological polar surface area (TPSA) is 71.8 Å². The van der Waals surface area contributed by atoms with Crippen molar-refractivity contribution < 1.29 is 4.79 Å². The van der Waals surface area contributed by atoms with Gasteiger partial charge in [0.05, 0.1) is 12.0 Å². The zero-order chi connectivity index (χ0) is 22.7. The van der Waals surface area contributed by atoms with Crippen molar-refractivity contribution >= 4 is 29.3 Å². The van der Waals surface area contributed by atoms with Gasteiger partial charge >= 0.3 is 0 Å². The van der Waals surface area contributed by atoms with E-state index >= 15 is 0 Å². The summed E-state index contributed by atoms with van der Waals surface area (Å²) >= 11 is 1.63. The number of aryl methyl sites for hydroxylation is 1. The maximum absolute atomic E-state index is 13.3. The molecule has 1 amide bonds. The molecule has 1 aromatic heterocycles. The highest BCUT2D eigenvalue weighted by Crippen LogP contribution is 2.37. The molecule has 2 N–H and O–H groups in total. The van der Waals surface area contributed by atoms with Gasteiger partial charge in [-0.25, -0.2) is 4.68 Å². The predicted octanol–water partition coefficient (Wildman–Crippen LogP) is 5.53. The van der Waals surface area contributed by atoms with E-state index < -0.39 is 0 Å². The number of rotatable bonds is 7. The van der Waals surface area contributed by atoms with Crippen LogP contribution in [-0.4, -0.2) is 26.7 Å². The molecule has 0 bridgehead atoms. The average Bonchev–Trinajstić information content (AvgIpc) is 3.16. The normalized spacial score (nSPS) is 20.0. The van der Waals surface area contributed by atoms with Crippen LogP contribution in [0.25, 0.3) is 0 Å². The number of fused-ring (bicyclic) bond motifs is 1. The summed E-state index contributed by atoms with van der Waals surface area (Å²) in [6.45, 7) is 8.55. The fraction of sp³-hybridized carbons (Fsp3) is 0.400. The number of aromatic nitrogens is 3. The van der Waals surface area contributed by atoms with Crippen molar-refractivity contribution in [1.29, 1.82) is 0 Å². The Bertz CT molecular complexity index is 1070. The first-order chi connectivity index (χ1) is 15.4. The lowest BCUT2D eigenvalue weighted by atomic mass is 9.85. The quantitative estimate of drug-likeness (QED) is 0.464. The van der Waals surface area contributed by atoms with E-state index in [9.17, 15) is 4.79 Å². The molecule has 0 radical (unpaired) electrons. The monoisotopic (exact) mass is 449 g/mol. The second kappa shape index (κ2) is 9.77. The fourth-order valence-corrected chi connectivity index (χ4v) is 5.17. The van der Waals surface area contributed by atoms with Gasteiger partial charge in [0.25, 0.3) is 0 Å². The minimum atomic E-state index is -0.249. The molecule has 32 heavy (non-hydrogen) atoms. The largest absolute Gasteiger partial charge is 0.351 e. The molecule has 0 fully saturated rings. The number of carbonyl (C=O) groups excluding carboxylic acids is 1. The number of thioether (sulfide) groups is 1. The SMILES string of the molecule is Cc1ccccc1CSc1nc2n(n1)[C@H](CC(C)C)[C@H](C(=O)Nc1ccccc1)[C@@H](C)N2. The van der Waals surface area contributed by atoms with Gasteiger partial charge in [-0.05, 0) is 49.4 Å². The molecule has 2 heterocycles. The van der Waals surface area contributed by atoms with Crippen molar-refractivity contribution in [3.63, 3.8) is 0 Å². The van der Waals surface area contributed by atoms with Gasteiger partial charge in [0.1, 0.15) is 0 Å². The first kappa shape index (κ1) is 22.4. The summed E-state index contributed by atoms with van der Waals surface area (Å²) in [7, 11) is 0. The van der Waals surface area contributed by atoms with E-state index in [4.69, 9.17) is 10.1 Å². The molecule has 3 aromatic rings. The van der Waals surface area contributed by atoms with Crippen LogP contribution < -0.4 is 10.6 Å². The van der Waals surface area contributed by atoms with Gasteiger partial charge < -0.3 is 10.6 Å². The van der Waals surface area contributed by atoms with Crippen LogP contribution in [-0.2, 0) is 10.5 Å². The summed E-state index contributed by atoms with van der Waals surface area (Å²) < 4.78 is 1.94. The number of amides is 1. The summed E-state index contributed by atoms with van der Waals surface area (Å²) in [5.74, 6) is 1.76. The van der Waals surface area contributed by atoms with Gasteiger partial charge in [0, 0.05) is 17.5 Å². The van der Waals surface area contributed by atoms with Gasteiger partial charge in [-0.1, -0.05) is 68.1 Å². The molecular weight excluding hydrogens is 418 g/mol. The van der Waals surface area contributed by atoms with Crippen molar-refractivity contribution in [3.05, 3.63) is 65.7 Å². The van der Waals surface area contributed by atoms with Crippen LogP contribution in [0.15, 0.2) is 59.8 Å². The van der Waals surface area contributed by atoms with Crippen LogP contribution in [0, 0.1) is 18.8 Å². The molecule has 2 aromatic carbocycles. The molecule has 1 aliphatic rings. The first-order valence-corrected chi connectivity index (χ1v) is 12.2. The fourth-order valence-electron chi connectivity index (χ4n) is 4.27. The Morgan fingerprint density at radius 1 is 1.16 bits per heavy atom. The maximum Gasteiger partial charge on any atom is 0.231 e. The minimum absolute atomic E-state index is 0.0112. The van der Waals surface area contributed by atoms with Crippen LogP contribution in [0.1, 0.15) is 44.4 Å². The number of para-hydroxylation sites is 1. The van der Waals surface area contributed by atoms with E-state index in [0.29, 0.717) is 5.92 Å². The third-order valence-corrected chi connectivity index (χ3v) is 6.80. The number of nitrogens with one attached hydrogen (secondary N) is 2. The van der Waals surface area contributed by atoms with Crippen molar-refractivity contribution in [2.24, 2.45) is 11.8 Å². The predicted molar refractivity (Wildman–Crippen MR) is 131 cm³/mol. The van der Waals surface area contributed by atoms with E-state index in [1.807, 2.05) is 35.0 Å². The third-order valence-electron chi connectivity index (χ3n) is 5.91. The highest BCUT2D eigenvalue weighted by Gasteiger charge is 2.41. The second-order valence-electron chi connectivity index (χ2n) is 8.89. The molecule has 4 rings (SSSR count). The Morgan fingerprint density at radius 3 is 2.59 bits per heavy atom. The summed E-state index contributed by atoms with van der Waals surface area (Å²) in [5, 5.41) is 12.1. The summed E-state index contributed by atoms with van der Waals surface area (Å²) in [4.78, 5) is 18.1. The number of anilines is 2. The molecule has 1 aliphatic heterocycles. The molecule has 0 saturated heterocycles. The van der Waals surface area contributed by atoms with E-state index in [-0.39, 0.29) is 23.9 Å². The van der Waals surface area contributed by atoms with Crippen LogP contribution >= 0.6 is 11.8 Å². The van der Waals surface area contributed by atoms with Crippen molar-refractivity contribution in [1.82, 2.24) is 14.8 Å². The molecule has 168 valence electrons. The standard InChI is InChI=1S/C25H31N5OS/c1-16(2)14-21-22(23(31)27-20-12-6-5-7-13-20)18(4)26-24-28-25(29-30(21)24)32-15-19-11-9-8-10-17(19)3/h5-13,16,18,21-22H,14-15H2,1-4H3,(H,27,31)(H,26,28,29)/t18-,21-,22-/m1/s1. The van der Waals surface area contributed by atoms with Gasteiger partial charge in [-0.2, -0.15) is 4.98 Å². The highest BCUT2D eigenvalue weighted by atomic mass is 32.2. The zero-order valence-corrected chi connectivity index (χ0v) is 19.9. The highest BCUT2D eigenvalue weighted by molar-refractivity contribution is 7.98. The molecule has 0 unspecified atom stereocenters. The van der Waals surface area contributed by atoms with Crippen LogP contribution in [0.5, 0.6) is 0 Å². The van der Waals surface area contributed by atoms with E-state index in [0.717, 1.165) is 29.0 Å². The number of nitrogens with zero attached hydrogens (tertiary/aromatic N) is 3. The number of benzene rings is 2. The van der Waals surface area contributed by atoms with Crippen molar-refractivity contribution in [2.75, 3.05) is 10.6 Å². The molecule has 0 spiro atoms.